The number of rotatable bonds is 3. The molecule has 0 bridgehead atoms. The summed E-state index contributed by atoms with van der Waals surface area (Å²) in [5, 5.41) is 0. The monoisotopic (exact) mass is 168 g/mol. The van der Waals surface area contributed by atoms with E-state index in [-0.39, 0.29) is 11.2 Å². The molecule has 0 aromatic rings. The van der Waals surface area contributed by atoms with Crippen LogP contribution in [0.5, 0.6) is 0 Å². The first-order chi connectivity index (χ1) is 5.61. The second-order valence-electron chi connectivity index (χ2n) is 4.41. The van der Waals surface area contributed by atoms with Crippen LogP contribution in [-0.4, -0.2) is 18.5 Å². The molecule has 0 saturated carbocycles. The van der Waals surface area contributed by atoms with E-state index in [0.29, 0.717) is 6.10 Å². The molecule has 2 rings (SSSR count). The minimum Gasteiger partial charge on any atom is -0.347 e. The van der Waals surface area contributed by atoms with Gasteiger partial charge in [-0.2, -0.15) is 0 Å². The topological polar surface area (TPSA) is 21.8 Å². The van der Waals surface area contributed by atoms with E-state index in [4.69, 9.17) is 9.47 Å². The van der Waals surface area contributed by atoms with E-state index in [9.17, 15) is 0 Å². The third kappa shape index (κ3) is 1.02. The van der Waals surface area contributed by atoms with Gasteiger partial charge in [-0.3, -0.25) is 0 Å². The summed E-state index contributed by atoms with van der Waals surface area (Å²) in [6.07, 6.45) is 4.18. The number of hydrogen-bond acceptors (Lipinski definition) is 2. The lowest BCUT2D eigenvalue weighted by Gasteiger charge is -2.15. The molecule has 2 nitrogen and oxygen atoms in total. The summed E-state index contributed by atoms with van der Waals surface area (Å²) in [6, 6.07) is 0. The van der Waals surface area contributed by atoms with Crippen molar-refractivity contribution in [1.29, 1.82) is 0 Å². The molecule has 2 fully saturated rings. The van der Waals surface area contributed by atoms with Crippen LogP contribution in [0.3, 0.4) is 0 Å². The van der Waals surface area contributed by atoms with Gasteiger partial charge in [0.05, 0.1) is 6.61 Å². The molecule has 12 heavy (non-hydrogen) atoms. The lowest BCUT2D eigenvalue weighted by Crippen LogP contribution is -2.19. The van der Waals surface area contributed by atoms with Crippen LogP contribution < -0.4 is 0 Å². The fourth-order valence-corrected chi connectivity index (χ4v) is 1.98. The zero-order valence-electron chi connectivity index (χ0n) is 7.80. The lowest BCUT2D eigenvalue weighted by atomic mass is 9.89. The standard InChI is InChI=1S/C10H16O2/c1-4-5-6-10-8(12-10)9(2,3)7-11-10/h4,8H,1,5-7H2,2-3H3/t8-,10-/m0/s1. The van der Waals surface area contributed by atoms with Gasteiger partial charge in [0.15, 0.2) is 5.79 Å². The summed E-state index contributed by atoms with van der Waals surface area (Å²) in [5.41, 5.74) is 0.209. The average molecular weight is 168 g/mol. The highest BCUT2D eigenvalue weighted by atomic mass is 16.8. The molecule has 2 aliphatic heterocycles. The van der Waals surface area contributed by atoms with E-state index in [0.717, 1.165) is 19.4 Å². The molecular formula is C10H16O2. The highest BCUT2D eigenvalue weighted by Gasteiger charge is 2.68. The Hall–Kier alpha value is -0.340. The molecule has 2 saturated heterocycles. The fourth-order valence-electron chi connectivity index (χ4n) is 1.98. The Balaban J connectivity index is 1.98. The van der Waals surface area contributed by atoms with Gasteiger partial charge >= 0.3 is 0 Å². The van der Waals surface area contributed by atoms with E-state index < -0.39 is 0 Å². The normalized spacial score (nSPS) is 42.3. The second kappa shape index (κ2) is 2.33. The molecule has 0 spiro atoms. The maximum absolute atomic E-state index is 5.66. The van der Waals surface area contributed by atoms with Crippen molar-refractivity contribution in [2.45, 2.75) is 38.6 Å². The largest absolute Gasteiger partial charge is 0.347 e. The van der Waals surface area contributed by atoms with E-state index in [1.165, 1.54) is 0 Å². The quantitative estimate of drug-likeness (QED) is 0.475. The minimum absolute atomic E-state index is 0.209. The van der Waals surface area contributed by atoms with E-state index >= 15 is 0 Å². The molecule has 0 aliphatic carbocycles. The first-order valence-electron chi connectivity index (χ1n) is 4.53. The molecular weight excluding hydrogens is 152 g/mol. The lowest BCUT2D eigenvalue weighted by molar-refractivity contribution is -0.0673. The van der Waals surface area contributed by atoms with Crippen LogP contribution in [0.15, 0.2) is 12.7 Å². The van der Waals surface area contributed by atoms with E-state index in [1.54, 1.807) is 0 Å². The highest BCUT2D eigenvalue weighted by Crippen LogP contribution is 2.56. The summed E-state index contributed by atoms with van der Waals surface area (Å²) < 4.78 is 11.2. The van der Waals surface area contributed by atoms with Crippen molar-refractivity contribution >= 4 is 0 Å². The van der Waals surface area contributed by atoms with Crippen LogP contribution in [0.4, 0.5) is 0 Å². The molecule has 2 aliphatic rings. The van der Waals surface area contributed by atoms with Crippen LogP contribution in [0.2, 0.25) is 0 Å². The molecule has 0 aromatic carbocycles. The van der Waals surface area contributed by atoms with Crippen molar-refractivity contribution in [3.05, 3.63) is 12.7 Å². The maximum atomic E-state index is 5.66. The zero-order valence-corrected chi connectivity index (χ0v) is 7.80. The molecule has 0 amide bonds. The number of hydrogen-bond donors (Lipinski definition) is 0. The molecule has 68 valence electrons. The Morgan fingerprint density at radius 1 is 1.58 bits per heavy atom. The first-order valence-corrected chi connectivity index (χ1v) is 4.53. The number of ether oxygens (including phenoxy) is 2. The van der Waals surface area contributed by atoms with Gasteiger partial charge in [-0.1, -0.05) is 19.9 Å². The summed E-state index contributed by atoms with van der Waals surface area (Å²) in [4.78, 5) is 0. The van der Waals surface area contributed by atoms with Crippen LogP contribution in [0, 0.1) is 5.41 Å². The third-order valence-corrected chi connectivity index (χ3v) is 2.75. The van der Waals surface area contributed by atoms with Crippen molar-refractivity contribution in [1.82, 2.24) is 0 Å². The van der Waals surface area contributed by atoms with Gasteiger partial charge < -0.3 is 9.47 Å². The van der Waals surface area contributed by atoms with Crippen molar-refractivity contribution in [2.75, 3.05) is 6.61 Å². The average Bonchev–Trinajstić information content (AvgIpc) is 2.69. The number of fused-ring (bicyclic) bond motifs is 1. The van der Waals surface area contributed by atoms with Crippen LogP contribution in [-0.2, 0) is 9.47 Å². The van der Waals surface area contributed by atoms with Gasteiger partial charge in [0.1, 0.15) is 6.10 Å². The van der Waals surface area contributed by atoms with Gasteiger partial charge in [0, 0.05) is 11.8 Å². The molecule has 2 heteroatoms. The van der Waals surface area contributed by atoms with Crippen molar-refractivity contribution < 1.29 is 9.47 Å². The van der Waals surface area contributed by atoms with Crippen molar-refractivity contribution in [3.63, 3.8) is 0 Å². The Bertz CT molecular complexity index is 210. The summed E-state index contributed by atoms with van der Waals surface area (Å²) in [5.74, 6) is -0.225. The predicted molar refractivity (Wildman–Crippen MR) is 46.8 cm³/mol. The molecule has 2 heterocycles. The summed E-state index contributed by atoms with van der Waals surface area (Å²) >= 11 is 0. The Labute approximate surface area is 73.5 Å². The fraction of sp³-hybridized carbons (Fsp3) is 0.800. The van der Waals surface area contributed by atoms with Crippen molar-refractivity contribution in [3.8, 4) is 0 Å². The highest BCUT2D eigenvalue weighted by molar-refractivity contribution is 5.08. The van der Waals surface area contributed by atoms with Gasteiger partial charge in [-0.05, 0) is 6.42 Å². The Morgan fingerprint density at radius 2 is 2.33 bits per heavy atom. The molecule has 0 N–H and O–H groups in total. The molecule has 2 atom stereocenters. The second-order valence-corrected chi connectivity index (χ2v) is 4.41. The SMILES string of the molecule is C=CCC[C@@]12OCC(C)(C)[C@@H]1O2. The van der Waals surface area contributed by atoms with Crippen LogP contribution in [0.25, 0.3) is 0 Å². The first kappa shape index (κ1) is 8.27. The van der Waals surface area contributed by atoms with Gasteiger partial charge in [-0.15, -0.1) is 6.58 Å². The van der Waals surface area contributed by atoms with Crippen molar-refractivity contribution in [2.24, 2.45) is 5.41 Å². The predicted octanol–water partition coefficient (Wildman–Crippen LogP) is 2.10. The summed E-state index contributed by atoms with van der Waals surface area (Å²) in [7, 11) is 0. The van der Waals surface area contributed by atoms with Gasteiger partial charge in [0.2, 0.25) is 0 Å². The Kier molecular flexibility index (Phi) is 1.61. The van der Waals surface area contributed by atoms with Gasteiger partial charge in [-0.25, -0.2) is 0 Å². The van der Waals surface area contributed by atoms with E-state index in [1.807, 2.05) is 6.08 Å². The minimum atomic E-state index is -0.225. The molecule has 0 unspecified atom stereocenters. The number of allylic oxidation sites excluding steroid dienone is 1. The Morgan fingerprint density at radius 3 is 2.75 bits per heavy atom. The zero-order chi connectivity index (χ0) is 8.82. The third-order valence-electron chi connectivity index (χ3n) is 2.75. The molecule has 0 aromatic heterocycles. The van der Waals surface area contributed by atoms with Crippen LogP contribution in [0.1, 0.15) is 26.7 Å². The van der Waals surface area contributed by atoms with Gasteiger partial charge in [0.25, 0.3) is 0 Å². The molecule has 0 radical (unpaired) electrons. The summed E-state index contributed by atoms with van der Waals surface area (Å²) in [6.45, 7) is 8.91. The van der Waals surface area contributed by atoms with Crippen LogP contribution >= 0.6 is 0 Å². The smallest absolute Gasteiger partial charge is 0.196 e. The van der Waals surface area contributed by atoms with E-state index in [2.05, 4.69) is 20.4 Å². The maximum Gasteiger partial charge on any atom is 0.196 e. The number of epoxide rings is 1.